The smallest absolute Gasteiger partial charge is 0.302 e. The molecule has 0 aromatic rings. The van der Waals surface area contributed by atoms with Gasteiger partial charge in [0, 0.05) is 6.92 Å². The van der Waals surface area contributed by atoms with Crippen molar-refractivity contribution in [3.8, 4) is 0 Å². The zero-order valence-corrected chi connectivity index (χ0v) is 12.9. The molecule has 1 fully saturated rings. The summed E-state index contributed by atoms with van der Waals surface area (Å²) in [5, 5.41) is 0. The van der Waals surface area contributed by atoms with Crippen molar-refractivity contribution in [2.45, 2.75) is 46.5 Å². The molecule has 0 atom stereocenters. The highest BCUT2D eigenvalue weighted by Crippen LogP contribution is 2.14. The Bertz CT molecular complexity index is 396. The molecule has 1 rings (SSSR count). The van der Waals surface area contributed by atoms with Crippen LogP contribution in [0, 0.1) is 0 Å². The first-order valence-corrected chi connectivity index (χ1v) is 7.28. The average Bonchev–Trinajstić information content (AvgIpc) is 2.32. The fraction of sp³-hybridized carbons (Fsp3) is 0.588. The maximum absolute atomic E-state index is 10.6. The Morgan fingerprint density at radius 2 is 1.75 bits per heavy atom. The topological polar surface area (TPSA) is 35.5 Å². The van der Waals surface area contributed by atoms with Crippen molar-refractivity contribution in [2.24, 2.45) is 0 Å². The Morgan fingerprint density at radius 3 is 2.35 bits per heavy atom. The summed E-state index contributed by atoms with van der Waals surface area (Å²) in [4.78, 5) is 10.6. The van der Waals surface area contributed by atoms with Crippen LogP contribution in [0.25, 0.3) is 0 Å². The van der Waals surface area contributed by atoms with Crippen molar-refractivity contribution in [3.05, 3.63) is 34.9 Å². The van der Waals surface area contributed by atoms with Gasteiger partial charge >= 0.3 is 5.97 Å². The van der Waals surface area contributed by atoms with Gasteiger partial charge in [0.25, 0.3) is 0 Å². The number of rotatable bonds is 8. The first kappa shape index (κ1) is 16.7. The molecule has 0 aromatic carbocycles. The molecule has 3 nitrogen and oxygen atoms in total. The monoisotopic (exact) mass is 278 g/mol. The van der Waals surface area contributed by atoms with Gasteiger partial charge in [0.1, 0.15) is 6.61 Å². The lowest BCUT2D eigenvalue weighted by Gasteiger charge is -2.17. The van der Waals surface area contributed by atoms with E-state index < -0.39 is 0 Å². The molecule has 1 heterocycles. The molecule has 20 heavy (non-hydrogen) atoms. The summed E-state index contributed by atoms with van der Waals surface area (Å²) < 4.78 is 9.99. The summed E-state index contributed by atoms with van der Waals surface area (Å²) in [7, 11) is 0. The molecule has 0 spiro atoms. The number of carbonyl (C=O) groups excluding carboxylic acids is 1. The largest absolute Gasteiger partial charge is 0.462 e. The number of allylic oxidation sites excluding steroid dienone is 4. The Balaban J connectivity index is 2.13. The van der Waals surface area contributed by atoms with Gasteiger partial charge in [-0.05, 0) is 51.2 Å². The van der Waals surface area contributed by atoms with Gasteiger partial charge in [-0.15, -0.1) is 0 Å². The number of hydrogen-bond acceptors (Lipinski definition) is 3. The molecule has 0 saturated carbocycles. The van der Waals surface area contributed by atoms with Crippen LogP contribution in [0.4, 0.5) is 0 Å². The third-order valence-corrected chi connectivity index (χ3v) is 3.30. The second-order valence-electron chi connectivity index (χ2n) is 5.34. The van der Waals surface area contributed by atoms with Crippen LogP contribution in [-0.2, 0) is 14.3 Å². The quantitative estimate of drug-likeness (QED) is 0.498. The zero-order chi connectivity index (χ0) is 14.8. The Morgan fingerprint density at radius 1 is 1.10 bits per heavy atom. The molecule has 112 valence electrons. The van der Waals surface area contributed by atoms with Crippen LogP contribution in [-0.4, -0.2) is 25.8 Å². The first-order chi connectivity index (χ1) is 9.58. The van der Waals surface area contributed by atoms with Crippen molar-refractivity contribution >= 4 is 5.97 Å². The average molecular weight is 278 g/mol. The van der Waals surface area contributed by atoms with Crippen LogP contribution in [0.1, 0.15) is 46.5 Å². The number of carbonyl (C=O) groups is 1. The van der Waals surface area contributed by atoms with Crippen LogP contribution in [0.2, 0.25) is 0 Å². The molecule has 3 heteroatoms. The van der Waals surface area contributed by atoms with E-state index in [2.05, 4.69) is 26.0 Å². The van der Waals surface area contributed by atoms with Gasteiger partial charge in [-0.2, -0.15) is 0 Å². The fourth-order valence-electron chi connectivity index (χ4n) is 1.89. The van der Waals surface area contributed by atoms with Crippen molar-refractivity contribution in [3.63, 3.8) is 0 Å². The SMILES string of the molecule is CC(=O)OCC=C(C)CCC=C(C)CCC=C1COC1. The second-order valence-corrected chi connectivity index (χ2v) is 5.34. The summed E-state index contributed by atoms with van der Waals surface area (Å²) in [6, 6.07) is 0. The first-order valence-electron chi connectivity index (χ1n) is 7.28. The van der Waals surface area contributed by atoms with Crippen LogP contribution in [0.3, 0.4) is 0 Å². The van der Waals surface area contributed by atoms with Crippen LogP contribution in [0.5, 0.6) is 0 Å². The lowest BCUT2D eigenvalue weighted by Crippen LogP contribution is -2.15. The number of hydrogen-bond donors (Lipinski definition) is 0. The minimum absolute atomic E-state index is 0.226. The summed E-state index contributed by atoms with van der Waals surface area (Å²) in [5.74, 6) is -0.226. The van der Waals surface area contributed by atoms with E-state index >= 15 is 0 Å². The lowest BCUT2D eigenvalue weighted by atomic mass is 10.1. The number of esters is 1. The highest BCUT2D eigenvalue weighted by molar-refractivity contribution is 5.66. The zero-order valence-electron chi connectivity index (χ0n) is 12.9. The van der Waals surface area contributed by atoms with E-state index in [4.69, 9.17) is 9.47 Å². The van der Waals surface area contributed by atoms with Gasteiger partial charge in [-0.3, -0.25) is 4.79 Å². The highest BCUT2D eigenvalue weighted by Gasteiger charge is 2.06. The standard InChI is InChI=1S/C17H26O3/c1-14(8-5-9-17-12-19-13-17)6-4-7-15(2)10-11-20-16(3)18/h6,9-10H,4-5,7-8,11-13H2,1-3H3. The van der Waals surface area contributed by atoms with Gasteiger partial charge in [-0.25, -0.2) is 0 Å². The van der Waals surface area contributed by atoms with Crippen molar-refractivity contribution in [1.29, 1.82) is 0 Å². The normalized spacial score (nSPS) is 15.8. The van der Waals surface area contributed by atoms with Gasteiger partial charge in [0.2, 0.25) is 0 Å². The maximum Gasteiger partial charge on any atom is 0.302 e. The Labute approximate surface area is 122 Å². The van der Waals surface area contributed by atoms with Gasteiger partial charge in [0.15, 0.2) is 0 Å². The maximum atomic E-state index is 10.6. The Kier molecular flexibility index (Phi) is 7.97. The molecule has 0 aliphatic carbocycles. The molecule has 0 aromatic heterocycles. The second kappa shape index (κ2) is 9.54. The van der Waals surface area contributed by atoms with E-state index in [0.717, 1.165) is 38.9 Å². The van der Waals surface area contributed by atoms with Gasteiger partial charge in [-0.1, -0.05) is 23.3 Å². The van der Waals surface area contributed by atoms with E-state index in [-0.39, 0.29) is 5.97 Å². The predicted molar refractivity (Wildman–Crippen MR) is 81.5 cm³/mol. The number of ether oxygens (including phenoxy) is 2. The molecular weight excluding hydrogens is 252 g/mol. The third kappa shape index (κ3) is 7.95. The van der Waals surface area contributed by atoms with Crippen molar-refractivity contribution in [2.75, 3.05) is 19.8 Å². The van der Waals surface area contributed by atoms with Crippen LogP contribution in [0.15, 0.2) is 34.9 Å². The summed E-state index contributed by atoms with van der Waals surface area (Å²) in [6.07, 6.45) is 10.9. The molecule has 1 aliphatic rings. The molecule has 0 N–H and O–H groups in total. The van der Waals surface area contributed by atoms with E-state index in [9.17, 15) is 4.79 Å². The third-order valence-electron chi connectivity index (χ3n) is 3.30. The van der Waals surface area contributed by atoms with Gasteiger partial charge < -0.3 is 9.47 Å². The molecular formula is C17H26O3. The van der Waals surface area contributed by atoms with Crippen LogP contribution >= 0.6 is 0 Å². The van der Waals surface area contributed by atoms with Crippen molar-refractivity contribution < 1.29 is 14.3 Å². The predicted octanol–water partition coefficient (Wildman–Crippen LogP) is 3.96. The van der Waals surface area contributed by atoms with Crippen molar-refractivity contribution in [1.82, 2.24) is 0 Å². The van der Waals surface area contributed by atoms with E-state index in [0.29, 0.717) is 6.61 Å². The fourth-order valence-corrected chi connectivity index (χ4v) is 1.89. The van der Waals surface area contributed by atoms with Gasteiger partial charge in [0.05, 0.1) is 13.2 Å². The summed E-state index contributed by atoms with van der Waals surface area (Å²) in [5.41, 5.74) is 4.14. The molecule has 0 unspecified atom stereocenters. The molecule has 0 amide bonds. The van der Waals surface area contributed by atoms with E-state index in [1.807, 2.05) is 6.08 Å². The lowest BCUT2D eigenvalue weighted by molar-refractivity contribution is -0.139. The Hall–Kier alpha value is -1.35. The summed E-state index contributed by atoms with van der Waals surface area (Å²) in [6.45, 7) is 7.74. The molecule has 0 radical (unpaired) electrons. The summed E-state index contributed by atoms with van der Waals surface area (Å²) >= 11 is 0. The molecule has 0 bridgehead atoms. The highest BCUT2D eigenvalue weighted by atomic mass is 16.5. The van der Waals surface area contributed by atoms with Crippen LogP contribution < -0.4 is 0 Å². The van der Waals surface area contributed by atoms with E-state index in [1.165, 1.54) is 23.6 Å². The molecule has 1 saturated heterocycles. The minimum Gasteiger partial charge on any atom is -0.462 e. The van der Waals surface area contributed by atoms with E-state index in [1.54, 1.807) is 0 Å². The minimum atomic E-state index is -0.226. The molecule has 1 aliphatic heterocycles.